The highest BCUT2D eigenvalue weighted by molar-refractivity contribution is 6.74. The smallest absolute Gasteiger partial charge is 0.417 e. The Morgan fingerprint density at radius 1 is 1.23 bits per heavy atom. The predicted octanol–water partition coefficient (Wildman–Crippen LogP) is 5.66. The zero-order chi connectivity index (χ0) is 19.5. The van der Waals surface area contributed by atoms with E-state index in [-0.39, 0.29) is 29.1 Å². The summed E-state index contributed by atoms with van der Waals surface area (Å²) in [4.78, 5) is 0. The fourth-order valence-corrected chi connectivity index (χ4v) is 6.36. The Bertz CT molecular complexity index is 536. The van der Waals surface area contributed by atoms with Crippen molar-refractivity contribution in [1.82, 2.24) is 0 Å². The third-order valence-electron chi connectivity index (χ3n) is 8.16. The van der Waals surface area contributed by atoms with Crippen LogP contribution < -0.4 is 0 Å². The van der Waals surface area contributed by atoms with Crippen LogP contribution >= 0.6 is 11.6 Å². The van der Waals surface area contributed by atoms with Crippen molar-refractivity contribution in [3.05, 3.63) is 0 Å². The second-order valence-corrected chi connectivity index (χ2v) is 16.5. The van der Waals surface area contributed by atoms with Crippen molar-refractivity contribution in [3.8, 4) is 0 Å². The summed E-state index contributed by atoms with van der Waals surface area (Å²) in [5.41, 5.74) is 0.218. The molecule has 3 nitrogen and oxygen atoms in total. The van der Waals surface area contributed by atoms with Gasteiger partial charge in [0.05, 0.1) is 17.0 Å². The van der Waals surface area contributed by atoms with Crippen molar-refractivity contribution in [2.45, 2.75) is 102 Å². The molecule has 3 saturated carbocycles. The summed E-state index contributed by atoms with van der Waals surface area (Å²) in [6.45, 7) is 19.2. The molecule has 150 valence electrons. The molecular formula is C20H38BClO3Si. The Morgan fingerprint density at radius 2 is 1.88 bits per heavy atom. The number of rotatable bonds is 6. The lowest BCUT2D eigenvalue weighted by atomic mass is 9.43. The fraction of sp³-hybridized carbons (Fsp3) is 1.00. The van der Waals surface area contributed by atoms with Gasteiger partial charge in [-0.05, 0) is 68.0 Å². The highest BCUT2D eigenvalue weighted by Gasteiger charge is 2.68. The molecule has 1 aliphatic heterocycles. The first-order chi connectivity index (χ1) is 11.8. The molecule has 0 aromatic carbocycles. The van der Waals surface area contributed by atoms with E-state index in [1.165, 1.54) is 6.42 Å². The summed E-state index contributed by atoms with van der Waals surface area (Å²) < 4.78 is 19.0. The van der Waals surface area contributed by atoms with Gasteiger partial charge >= 0.3 is 7.12 Å². The van der Waals surface area contributed by atoms with Crippen molar-refractivity contribution in [1.29, 1.82) is 0 Å². The maximum Gasteiger partial charge on any atom is 0.476 e. The first kappa shape index (κ1) is 21.2. The quantitative estimate of drug-likeness (QED) is 0.327. The van der Waals surface area contributed by atoms with Crippen LogP contribution in [-0.2, 0) is 13.7 Å². The average molecular weight is 401 g/mol. The SMILES string of the molecule is CC1(C)[C@@H]2C[C@H]3OB([C@H](Cl)CCCO[Si](C)(C)C(C)(C)C)O[C@@]3(C)[C@H]1C2. The molecule has 0 unspecified atom stereocenters. The Labute approximate surface area is 167 Å². The molecule has 0 radical (unpaired) electrons. The molecule has 0 aromatic heterocycles. The van der Waals surface area contributed by atoms with Gasteiger partial charge in [-0.25, -0.2) is 0 Å². The lowest BCUT2D eigenvalue weighted by Gasteiger charge is -2.64. The van der Waals surface area contributed by atoms with Crippen LogP contribution in [0.15, 0.2) is 0 Å². The standard InChI is InChI=1S/C20H38BClO3Si/c1-18(2,3)26(7,8)23-11-9-10-17(22)21-24-16-13-14-12-15(19(14,4)5)20(16,6)25-21/h14-17H,9-13H2,1-8H3/t14-,15-,16+,17+,20-/m0/s1. The van der Waals surface area contributed by atoms with Crippen molar-refractivity contribution in [2.75, 3.05) is 6.61 Å². The molecule has 0 amide bonds. The lowest BCUT2D eigenvalue weighted by Crippen LogP contribution is -2.65. The number of hydrogen-bond donors (Lipinski definition) is 0. The van der Waals surface area contributed by atoms with E-state index < -0.39 is 8.32 Å². The molecular weight excluding hydrogens is 363 g/mol. The maximum atomic E-state index is 6.69. The molecule has 0 spiro atoms. The van der Waals surface area contributed by atoms with E-state index in [1.54, 1.807) is 0 Å². The topological polar surface area (TPSA) is 27.7 Å². The molecule has 0 N–H and O–H groups in total. The molecule has 0 aromatic rings. The molecule has 1 saturated heterocycles. The zero-order valence-corrected chi connectivity index (χ0v) is 19.8. The molecule has 2 bridgehead atoms. The molecule has 4 rings (SSSR count). The molecule has 4 fully saturated rings. The van der Waals surface area contributed by atoms with E-state index in [4.69, 9.17) is 25.3 Å². The van der Waals surface area contributed by atoms with Gasteiger partial charge in [-0.15, -0.1) is 11.6 Å². The zero-order valence-electron chi connectivity index (χ0n) is 18.0. The molecule has 5 atom stereocenters. The summed E-state index contributed by atoms with van der Waals surface area (Å²) in [6, 6.07) is 0. The van der Waals surface area contributed by atoms with Crippen molar-refractivity contribution >= 4 is 27.0 Å². The maximum absolute atomic E-state index is 6.69. The van der Waals surface area contributed by atoms with Crippen LogP contribution in [0.1, 0.15) is 67.2 Å². The molecule has 6 heteroatoms. The normalized spacial score (nSPS) is 37.3. The van der Waals surface area contributed by atoms with Crippen molar-refractivity contribution in [3.63, 3.8) is 0 Å². The van der Waals surface area contributed by atoms with Crippen LogP contribution in [0.3, 0.4) is 0 Å². The Kier molecular flexibility index (Phi) is 5.50. The van der Waals surface area contributed by atoms with Crippen LogP contribution in [0, 0.1) is 17.3 Å². The molecule has 3 aliphatic carbocycles. The van der Waals surface area contributed by atoms with Gasteiger partial charge < -0.3 is 13.7 Å². The van der Waals surface area contributed by atoms with Crippen molar-refractivity contribution in [2.24, 2.45) is 17.3 Å². The van der Waals surface area contributed by atoms with Crippen LogP contribution in [0.2, 0.25) is 18.1 Å². The highest BCUT2D eigenvalue weighted by Crippen LogP contribution is 2.65. The van der Waals surface area contributed by atoms with E-state index in [2.05, 4.69) is 54.6 Å². The summed E-state index contributed by atoms with van der Waals surface area (Å²) >= 11 is 6.69. The largest absolute Gasteiger partial charge is 0.476 e. The van der Waals surface area contributed by atoms with Gasteiger partial charge in [-0.3, -0.25) is 0 Å². The van der Waals surface area contributed by atoms with Gasteiger partial charge in [0.2, 0.25) is 0 Å². The summed E-state index contributed by atoms with van der Waals surface area (Å²) in [6.07, 6.45) is 4.45. The van der Waals surface area contributed by atoms with Gasteiger partial charge in [0, 0.05) is 6.61 Å². The van der Waals surface area contributed by atoms with E-state index in [0.29, 0.717) is 11.3 Å². The highest BCUT2D eigenvalue weighted by atomic mass is 35.5. The van der Waals surface area contributed by atoms with Crippen LogP contribution in [-0.4, -0.2) is 39.0 Å². The number of alkyl halides is 1. The Morgan fingerprint density at radius 3 is 2.46 bits per heavy atom. The van der Waals surface area contributed by atoms with Gasteiger partial charge in [-0.2, -0.15) is 0 Å². The van der Waals surface area contributed by atoms with E-state index in [9.17, 15) is 0 Å². The minimum absolute atomic E-state index is 0.0965. The van der Waals surface area contributed by atoms with Crippen molar-refractivity contribution < 1.29 is 13.7 Å². The third kappa shape index (κ3) is 3.45. The van der Waals surface area contributed by atoms with Crippen LogP contribution in [0.4, 0.5) is 0 Å². The second kappa shape index (κ2) is 6.76. The van der Waals surface area contributed by atoms with E-state index >= 15 is 0 Å². The second-order valence-electron chi connectivity index (χ2n) is 11.1. The molecule has 1 heterocycles. The Hall–Kier alpha value is 0.452. The van der Waals surface area contributed by atoms with Crippen LogP contribution in [0.5, 0.6) is 0 Å². The average Bonchev–Trinajstić information content (AvgIpc) is 2.87. The molecule has 26 heavy (non-hydrogen) atoms. The summed E-state index contributed by atoms with van der Waals surface area (Å²) in [5, 5.41) is 0.156. The summed E-state index contributed by atoms with van der Waals surface area (Å²) in [7, 11) is -1.94. The summed E-state index contributed by atoms with van der Waals surface area (Å²) in [5.74, 6) is 1.37. The van der Waals surface area contributed by atoms with Crippen LogP contribution in [0.25, 0.3) is 0 Å². The predicted molar refractivity (Wildman–Crippen MR) is 112 cm³/mol. The fourth-order valence-electron chi connectivity index (χ4n) is 5.01. The van der Waals surface area contributed by atoms with Gasteiger partial charge in [-0.1, -0.05) is 34.6 Å². The Balaban J connectivity index is 1.48. The minimum Gasteiger partial charge on any atom is -0.417 e. The first-order valence-electron chi connectivity index (χ1n) is 10.4. The number of hydrogen-bond acceptors (Lipinski definition) is 3. The van der Waals surface area contributed by atoms with Gasteiger partial charge in [0.1, 0.15) is 0 Å². The molecule has 4 aliphatic rings. The minimum atomic E-state index is -1.67. The number of halogens is 1. The van der Waals surface area contributed by atoms with Gasteiger partial charge in [0.15, 0.2) is 8.32 Å². The van der Waals surface area contributed by atoms with E-state index in [1.807, 2.05) is 0 Å². The van der Waals surface area contributed by atoms with Gasteiger partial charge in [0.25, 0.3) is 0 Å². The lowest BCUT2D eigenvalue weighted by molar-refractivity contribution is -0.199. The van der Waals surface area contributed by atoms with E-state index in [0.717, 1.165) is 31.8 Å². The monoisotopic (exact) mass is 400 g/mol. The third-order valence-corrected chi connectivity index (χ3v) is 13.1. The first-order valence-corrected chi connectivity index (χ1v) is 13.7.